The van der Waals surface area contributed by atoms with Crippen molar-refractivity contribution in [3.05, 3.63) is 84.9 Å². The molecule has 1 unspecified atom stereocenters. The highest BCUT2D eigenvalue weighted by atomic mass is 16.3. The summed E-state index contributed by atoms with van der Waals surface area (Å²) < 4.78 is 0. The van der Waals surface area contributed by atoms with Crippen LogP contribution in [0.15, 0.2) is 79.4 Å². The topological polar surface area (TPSA) is 119 Å². The summed E-state index contributed by atoms with van der Waals surface area (Å²) in [5.74, 6) is 0. The molecular formula is C31H30N8O. The number of aromatic amines is 2. The average molecular weight is 531 g/mol. The van der Waals surface area contributed by atoms with Gasteiger partial charge in [-0.2, -0.15) is 5.10 Å². The van der Waals surface area contributed by atoms with Crippen LogP contribution in [0, 0.1) is 0 Å². The number of aliphatic hydroxyl groups excluding tert-OH is 1. The molecule has 1 aromatic carbocycles. The van der Waals surface area contributed by atoms with Crippen LogP contribution in [0.3, 0.4) is 0 Å². The van der Waals surface area contributed by atoms with Gasteiger partial charge in [0.1, 0.15) is 17.6 Å². The number of nitrogens with one attached hydrogen (secondary N) is 3. The number of aromatic nitrogens is 6. The van der Waals surface area contributed by atoms with Gasteiger partial charge in [-0.15, -0.1) is 0 Å². The zero-order chi connectivity index (χ0) is 26.9. The number of piperidine rings is 1. The third kappa shape index (κ3) is 4.76. The third-order valence-electron chi connectivity index (χ3n) is 7.55. The highest BCUT2D eigenvalue weighted by molar-refractivity contribution is 5.99. The fourth-order valence-electron chi connectivity index (χ4n) is 5.57. The Kier molecular flexibility index (Phi) is 6.33. The first-order valence-corrected chi connectivity index (χ1v) is 13.7. The SMILES string of the molecule is OC(Cc1ccccc1)Nc1cncc(-c2cc3c(-c4cc5c(N6CCCCC6)ccnc5[nH]4)n[nH]c3cn2)c1. The van der Waals surface area contributed by atoms with E-state index in [1.165, 1.54) is 24.9 Å². The van der Waals surface area contributed by atoms with Gasteiger partial charge in [0, 0.05) is 53.9 Å². The fourth-order valence-corrected chi connectivity index (χ4v) is 5.57. The zero-order valence-corrected chi connectivity index (χ0v) is 22.0. The van der Waals surface area contributed by atoms with E-state index in [-0.39, 0.29) is 0 Å². The van der Waals surface area contributed by atoms with Gasteiger partial charge in [-0.3, -0.25) is 15.1 Å². The van der Waals surface area contributed by atoms with Crippen LogP contribution in [0.5, 0.6) is 0 Å². The monoisotopic (exact) mass is 530 g/mol. The lowest BCUT2D eigenvalue weighted by Crippen LogP contribution is -2.29. The Balaban J connectivity index is 1.18. The Morgan fingerprint density at radius 3 is 2.67 bits per heavy atom. The molecular weight excluding hydrogens is 500 g/mol. The van der Waals surface area contributed by atoms with Gasteiger partial charge < -0.3 is 20.3 Å². The number of anilines is 2. The first-order chi connectivity index (χ1) is 19.7. The van der Waals surface area contributed by atoms with Crippen molar-refractivity contribution in [2.24, 2.45) is 0 Å². The van der Waals surface area contributed by atoms with E-state index in [9.17, 15) is 5.11 Å². The predicted molar refractivity (Wildman–Crippen MR) is 158 cm³/mol. The maximum Gasteiger partial charge on any atom is 0.139 e. The summed E-state index contributed by atoms with van der Waals surface area (Å²) in [4.78, 5) is 19.6. The molecule has 0 spiro atoms. The lowest BCUT2D eigenvalue weighted by Gasteiger charge is -2.29. The number of hydrogen-bond donors (Lipinski definition) is 4. The molecule has 0 aliphatic carbocycles. The van der Waals surface area contributed by atoms with E-state index < -0.39 is 6.23 Å². The fraction of sp³-hybridized carbons (Fsp3) is 0.226. The smallest absolute Gasteiger partial charge is 0.139 e. The normalized spacial score (nSPS) is 14.6. The van der Waals surface area contributed by atoms with Gasteiger partial charge in [-0.25, -0.2) is 4.98 Å². The van der Waals surface area contributed by atoms with Crippen LogP contribution in [-0.2, 0) is 6.42 Å². The van der Waals surface area contributed by atoms with Crippen LogP contribution in [-0.4, -0.2) is 54.6 Å². The molecule has 9 heteroatoms. The summed E-state index contributed by atoms with van der Waals surface area (Å²) in [5, 5.41) is 23.6. The van der Waals surface area contributed by atoms with E-state index in [0.717, 1.165) is 68.9 Å². The van der Waals surface area contributed by atoms with Crippen molar-refractivity contribution in [1.82, 2.24) is 30.1 Å². The van der Waals surface area contributed by atoms with Crippen molar-refractivity contribution < 1.29 is 5.11 Å². The van der Waals surface area contributed by atoms with Gasteiger partial charge >= 0.3 is 0 Å². The van der Waals surface area contributed by atoms with Crippen molar-refractivity contribution >= 4 is 33.3 Å². The Labute approximate surface area is 231 Å². The van der Waals surface area contributed by atoms with E-state index in [4.69, 9.17) is 0 Å². The average Bonchev–Trinajstić information content (AvgIpc) is 3.62. The molecule has 1 aliphatic heterocycles. The standard InChI is InChI=1S/C31H30N8O/c40-29(13-20-7-3-1-4-8-20)35-22-14-21(17-32-18-22)25-15-23-27(19-34-25)37-38-30(23)26-16-24-28(9-10-33-31(24)36-26)39-11-5-2-6-12-39/h1,3-4,7-10,14-19,29,35,40H,2,5-6,11-13H2,(H,33,36)(H,37,38). The quantitative estimate of drug-likeness (QED) is 0.201. The summed E-state index contributed by atoms with van der Waals surface area (Å²) in [6.45, 7) is 2.15. The minimum atomic E-state index is -0.735. The van der Waals surface area contributed by atoms with Crippen LogP contribution in [0.25, 0.3) is 44.6 Å². The molecule has 1 saturated heterocycles. The van der Waals surface area contributed by atoms with E-state index in [1.54, 1.807) is 18.6 Å². The Morgan fingerprint density at radius 2 is 1.80 bits per heavy atom. The molecule has 5 aromatic heterocycles. The summed E-state index contributed by atoms with van der Waals surface area (Å²) in [7, 11) is 0. The first-order valence-electron chi connectivity index (χ1n) is 13.7. The number of hydrogen-bond acceptors (Lipinski definition) is 7. The molecule has 0 amide bonds. The number of nitrogens with zero attached hydrogens (tertiary/aromatic N) is 5. The second-order valence-electron chi connectivity index (χ2n) is 10.3. The molecule has 0 saturated carbocycles. The van der Waals surface area contributed by atoms with E-state index in [1.807, 2.05) is 48.7 Å². The molecule has 4 N–H and O–H groups in total. The van der Waals surface area contributed by atoms with Crippen LogP contribution >= 0.6 is 0 Å². The number of fused-ring (bicyclic) bond motifs is 2. The molecule has 6 aromatic rings. The zero-order valence-electron chi connectivity index (χ0n) is 22.0. The van der Waals surface area contributed by atoms with Crippen molar-refractivity contribution in [2.45, 2.75) is 31.9 Å². The number of H-pyrrole nitrogens is 2. The van der Waals surface area contributed by atoms with Crippen molar-refractivity contribution in [1.29, 1.82) is 0 Å². The summed E-state index contributed by atoms with van der Waals surface area (Å²) in [6, 6.07) is 18.1. The Morgan fingerprint density at radius 1 is 0.925 bits per heavy atom. The van der Waals surface area contributed by atoms with Gasteiger partial charge in [0.2, 0.25) is 0 Å². The Hall–Kier alpha value is -4.76. The highest BCUT2D eigenvalue weighted by Crippen LogP contribution is 2.34. The molecule has 1 aliphatic rings. The maximum atomic E-state index is 10.6. The van der Waals surface area contributed by atoms with Crippen molar-refractivity contribution in [2.75, 3.05) is 23.3 Å². The molecule has 7 rings (SSSR count). The predicted octanol–water partition coefficient (Wildman–Crippen LogP) is 5.53. The molecule has 1 fully saturated rings. The minimum Gasteiger partial charge on any atom is -0.373 e. The summed E-state index contributed by atoms with van der Waals surface area (Å²) in [6.07, 6.45) is 10.6. The maximum absolute atomic E-state index is 10.6. The molecule has 0 bridgehead atoms. The number of pyridine rings is 3. The number of rotatable bonds is 7. The molecule has 9 nitrogen and oxygen atoms in total. The number of aliphatic hydroxyl groups is 1. The lowest BCUT2D eigenvalue weighted by atomic mass is 10.1. The second-order valence-corrected chi connectivity index (χ2v) is 10.3. The van der Waals surface area contributed by atoms with Crippen molar-refractivity contribution in [3.8, 4) is 22.6 Å². The van der Waals surface area contributed by atoms with E-state index >= 15 is 0 Å². The molecule has 6 heterocycles. The van der Waals surface area contributed by atoms with E-state index in [0.29, 0.717) is 6.42 Å². The Bertz CT molecular complexity index is 1770. The van der Waals surface area contributed by atoms with Gasteiger partial charge in [-0.1, -0.05) is 30.3 Å². The summed E-state index contributed by atoms with van der Waals surface area (Å²) in [5.41, 5.74) is 8.06. The minimum absolute atomic E-state index is 0.493. The highest BCUT2D eigenvalue weighted by Gasteiger charge is 2.18. The van der Waals surface area contributed by atoms with Gasteiger partial charge in [-0.05, 0) is 49.1 Å². The number of benzene rings is 1. The second kappa shape index (κ2) is 10.4. The van der Waals surface area contributed by atoms with Gasteiger partial charge in [0.05, 0.1) is 35.0 Å². The van der Waals surface area contributed by atoms with Gasteiger partial charge in [0.15, 0.2) is 0 Å². The summed E-state index contributed by atoms with van der Waals surface area (Å²) >= 11 is 0. The van der Waals surface area contributed by atoms with Crippen LogP contribution in [0.2, 0.25) is 0 Å². The van der Waals surface area contributed by atoms with Crippen molar-refractivity contribution in [3.63, 3.8) is 0 Å². The first kappa shape index (κ1) is 24.3. The van der Waals surface area contributed by atoms with Gasteiger partial charge in [0.25, 0.3) is 0 Å². The third-order valence-corrected chi connectivity index (χ3v) is 7.55. The van der Waals surface area contributed by atoms with Crippen LogP contribution in [0.4, 0.5) is 11.4 Å². The van der Waals surface area contributed by atoms with Crippen LogP contribution in [0.1, 0.15) is 24.8 Å². The molecule has 200 valence electrons. The van der Waals surface area contributed by atoms with Crippen LogP contribution < -0.4 is 10.2 Å². The largest absolute Gasteiger partial charge is 0.373 e. The lowest BCUT2D eigenvalue weighted by molar-refractivity contribution is 0.204. The molecule has 0 radical (unpaired) electrons. The van der Waals surface area contributed by atoms with E-state index in [2.05, 4.69) is 52.5 Å². The molecule has 40 heavy (non-hydrogen) atoms. The molecule has 1 atom stereocenters.